The largest absolute Gasteiger partial charge is 0.380 e. The zero-order valence-electron chi connectivity index (χ0n) is 19.8. The first kappa shape index (κ1) is 23.1. The highest BCUT2D eigenvalue weighted by atomic mass is 15.2. The normalized spacial score (nSPS) is 12.7. The lowest BCUT2D eigenvalue weighted by Gasteiger charge is -2.27. The Hall–Kier alpha value is -2.17. The van der Waals surface area contributed by atoms with E-state index in [1.807, 2.05) is 12.1 Å². The fourth-order valence-corrected chi connectivity index (χ4v) is 2.89. The molecule has 0 saturated carbocycles. The Morgan fingerprint density at radius 1 is 0.759 bits per heavy atom. The lowest BCUT2D eigenvalue weighted by atomic mass is 9.83. The molecule has 2 N–H and O–H groups in total. The third-order valence-electron chi connectivity index (χ3n) is 5.89. The summed E-state index contributed by atoms with van der Waals surface area (Å²) < 4.78 is 0. The second-order valence-electron chi connectivity index (χ2n) is 9.89. The van der Waals surface area contributed by atoms with Crippen molar-refractivity contribution < 1.29 is 0 Å². The molecular weight excluding hydrogens is 358 g/mol. The molecule has 0 aliphatic carbocycles. The molecule has 1 heterocycles. The first-order valence-corrected chi connectivity index (χ1v) is 10.8. The molecule has 0 spiro atoms. The molecule has 2 rings (SSSR count). The lowest BCUT2D eigenvalue weighted by molar-refractivity contribution is 0.402. The molecule has 0 aliphatic rings. The van der Waals surface area contributed by atoms with Crippen molar-refractivity contribution in [1.29, 1.82) is 0 Å². The minimum Gasteiger partial charge on any atom is -0.380 e. The van der Waals surface area contributed by atoms with E-state index < -0.39 is 0 Å². The summed E-state index contributed by atoms with van der Waals surface area (Å²) in [5, 5.41) is 7.01. The SMILES string of the molecule is CCC(C)(C)Nc1cccc(Nc2nc(C(C)(C)C)nc(C(C)(CC)CC)n2)c1. The van der Waals surface area contributed by atoms with E-state index in [4.69, 9.17) is 15.0 Å². The van der Waals surface area contributed by atoms with E-state index >= 15 is 0 Å². The molecule has 160 valence electrons. The highest BCUT2D eigenvalue weighted by Gasteiger charge is 2.29. The zero-order valence-corrected chi connectivity index (χ0v) is 19.8. The molecule has 0 bridgehead atoms. The standard InChI is InChI=1S/C24H39N5/c1-10-23(7,8)29-18-15-13-14-17(16-18)25-21-27-19(22(4,5)6)26-20(28-21)24(9,11-2)12-3/h13-16,29H,10-12H2,1-9H3,(H,25,26,27,28). The van der Waals surface area contributed by atoms with Gasteiger partial charge in [-0.05, 0) is 51.3 Å². The van der Waals surface area contributed by atoms with Crippen LogP contribution in [0.3, 0.4) is 0 Å². The summed E-state index contributed by atoms with van der Waals surface area (Å²) in [6, 6.07) is 8.29. The van der Waals surface area contributed by atoms with E-state index in [1.165, 1.54) is 0 Å². The quantitative estimate of drug-likeness (QED) is 0.526. The van der Waals surface area contributed by atoms with Gasteiger partial charge in [-0.3, -0.25) is 0 Å². The topological polar surface area (TPSA) is 62.7 Å². The number of rotatable bonds is 8. The van der Waals surface area contributed by atoms with Crippen LogP contribution in [-0.2, 0) is 10.8 Å². The number of aromatic nitrogens is 3. The number of anilines is 3. The highest BCUT2D eigenvalue weighted by Crippen LogP contribution is 2.31. The van der Waals surface area contributed by atoms with E-state index in [1.54, 1.807) is 0 Å². The first-order chi connectivity index (χ1) is 13.4. The molecule has 0 fully saturated rings. The summed E-state index contributed by atoms with van der Waals surface area (Å²) in [5.41, 5.74) is 1.88. The van der Waals surface area contributed by atoms with Crippen LogP contribution in [0.5, 0.6) is 0 Å². The van der Waals surface area contributed by atoms with Gasteiger partial charge < -0.3 is 10.6 Å². The van der Waals surface area contributed by atoms with Crippen LogP contribution >= 0.6 is 0 Å². The van der Waals surface area contributed by atoms with Crippen LogP contribution in [0.15, 0.2) is 24.3 Å². The van der Waals surface area contributed by atoms with E-state index in [0.717, 1.165) is 42.3 Å². The molecule has 5 heteroatoms. The number of hydrogen-bond acceptors (Lipinski definition) is 5. The summed E-state index contributed by atoms with van der Waals surface area (Å²) in [5.74, 6) is 2.30. The van der Waals surface area contributed by atoms with Gasteiger partial charge in [0, 0.05) is 27.7 Å². The van der Waals surface area contributed by atoms with Gasteiger partial charge >= 0.3 is 0 Å². The van der Waals surface area contributed by atoms with Gasteiger partial charge in [-0.2, -0.15) is 9.97 Å². The molecule has 0 radical (unpaired) electrons. The van der Waals surface area contributed by atoms with E-state index in [9.17, 15) is 0 Å². The lowest BCUT2D eigenvalue weighted by Crippen LogP contribution is -2.29. The van der Waals surface area contributed by atoms with Crippen molar-refractivity contribution in [3.8, 4) is 0 Å². The number of nitrogens with zero attached hydrogens (tertiary/aromatic N) is 3. The molecule has 1 aromatic carbocycles. The van der Waals surface area contributed by atoms with Crippen molar-refractivity contribution in [3.05, 3.63) is 35.9 Å². The summed E-state index contributed by atoms with van der Waals surface area (Å²) in [4.78, 5) is 14.4. The fraction of sp³-hybridized carbons (Fsp3) is 0.625. The van der Waals surface area contributed by atoms with E-state index in [2.05, 4.69) is 85.1 Å². The van der Waals surface area contributed by atoms with Crippen LogP contribution in [0, 0.1) is 0 Å². The van der Waals surface area contributed by atoms with Crippen LogP contribution in [-0.4, -0.2) is 20.5 Å². The Morgan fingerprint density at radius 2 is 1.34 bits per heavy atom. The van der Waals surface area contributed by atoms with Crippen LogP contribution in [0.1, 0.15) is 93.2 Å². The maximum absolute atomic E-state index is 4.86. The van der Waals surface area contributed by atoms with Gasteiger partial charge in [-0.1, -0.05) is 54.5 Å². The molecule has 0 amide bonds. The van der Waals surface area contributed by atoms with Crippen molar-refractivity contribution in [2.45, 2.75) is 97.9 Å². The fourth-order valence-electron chi connectivity index (χ4n) is 2.89. The second kappa shape index (κ2) is 8.68. The molecule has 29 heavy (non-hydrogen) atoms. The number of nitrogens with one attached hydrogen (secondary N) is 2. The third kappa shape index (κ3) is 5.91. The van der Waals surface area contributed by atoms with E-state index in [-0.39, 0.29) is 16.4 Å². The zero-order chi connectivity index (χ0) is 21.9. The molecule has 0 unspecified atom stereocenters. The molecular formula is C24H39N5. The molecule has 2 aromatic rings. The minimum atomic E-state index is -0.148. The third-order valence-corrected chi connectivity index (χ3v) is 5.89. The van der Waals surface area contributed by atoms with Gasteiger partial charge in [0.2, 0.25) is 5.95 Å². The number of benzene rings is 1. The smallest absolute Gasteiger partial charge is 0.230 e. The van der Waals surface area contributed by atoms with Crippen LogP contribution < -0.4 is 10.6 Å². The van der Waals surface area contributed by atoms with Gasteiger partial charge in [0.1, 0.15) is 11.6 Å². The maximum atomic E-state index is 4.86. The monoisotopic (exact) mass is 397 g/mol. The Balaban J connectivity index is 2.42. The summed E-state index contributed by atoms with van der Waals surface area (Å²) >= 11 is 0. The van der Waals surface area contributed by atoms with Crippen molar-refractivity contribution in [2.24, 2.45) is 0 Å². The van der Waals surface area contributed by atoms with Gasteiger partial charge in [0.05, 0.1) is 0 Å². The summed E-state index contributed by atoms with van der Waals surface area (Å²) in [6.07, 6.45) is 3.02. The van der Waals surface area contributed by atoms with Gasteiger partial charge in [0.25, 0.3) is 0 Å². The number of hydrogen-bond donors (Lipinski definition) is 2. The van der Waals surface area contributed by atoms with Crippen molar-refractivity contribution in [2.75, 3.05) is 10.6 Å². The Kier molecular flexibility index (Phi) is 6.92. The molecule has 0 aliphatic heterocycles. The molecule has 0 saturated heterocycles. The Morgan fingerprint density at radius 3 is 1.90 bits per heavy atom. The van der Waals surface area contributed by atoms with Crippen molar-refractivity contribution in [1.82, 2.24) is 15.0 Å². The van der Waals surface area contributed by atoms with Crippen LogP contribution in [0.25, 0.3) is 0 Å². The van der Waals surface area contributed by atoms with Gasteiger partial charge in [-0.25, -0.2) is 4.98 Å². The van der Waals surface area contributed by atoms with Crippen LogP contribution in [0.4, 0.5) is 17.3 Å². The molecule has 0 atom stereocenters. The Bertz CT molecular complexity index is 816. The average Bonchev–Trinajstić information content (AvgIpc) is 2.66. The Labute approximate surface area is 177 Å². The summed E-state index contributed by atoms with van der Waals surface area (Å²) in [7, 11) is 0. The van der Waals surface area contributed by atoms with Crippen molar-refractivity contribution in [3.63, 3.8) is 0 Å². The molecule has 5 nitrogen and oxygen atoms in total. The van der Waals surface area contributed by atoms with Crippen LogP contribution in [0.2, 0.25) is 0 Å². The second-order valence-corrected chi connectivity index (χ2v) is 9.89. The predicted molar refractivity (Wildman–Crippen MR) is 124 cm³/mol. The van der Waals surface area contributed by atoms with E-state index in [0.29, 0.717) is 5.95 Å². The van der Waals surface area contributed by atoms with Gasteiger partial charge in [0.15, 0.2) is 0 Å². The molecule has 1 aromatic heterocycles. The minimum absolute atomic E-state index is 0.0441. The van der Waals surface area contributed by atoms with Crippen molar-refractivity contribution >= 4 is 17.3 Å². The maximum Gasteiger partial charge on any atom is 0.230 e. The highest BCUT2D eigenvalue weighted by molar-refractivity contribution is 5.61. The average molecular weight is 398 g/mol. The predicted octanol–water partition coefficient (Wildman–Crippen LogP) is 6.59. The summed E-state index contributed by atoms with van der Waals surface area (Å²) in [6.45, 7) is 19.6. The van der Waals surface area contributed by atoms with Gasteiger partial charge in [-0.15, -0.1) is 0 Å². The first-order valence-electron chi connectivity index (χ1n) is 10.8.